The molecule has 3 rings (SSSR count). The maximum Gasteiger partial charge on any atom is 0.341 e. The van der Waals surface area contributed by atoms with Crippen LogP contribution < -0.4 is 10.9 Å². The van der Waals surface area contributed by atoms with E-state index in [2.05, 4.69) is 16.0 Å². The van der Waals surface area contributed by atoms with Gasteiger partial charge in [0.1, 0.15) is 5.56 Å². The molecule has 2 N–H and O–H groups in total. The number of rotatable bonds is 6. The van der Waals surface area contributed by atoms with Gasteiger partial charge in [-0.15, -0.1) is 0 Å². The lowest BCUT2D eigenvalue weighted by atomic mass is 10.1. The van der Waals surface area contributed by atoms with Gasteiger partial charge >= 0.3 is 5.97 Å². The minimum Gasteiger partial charge on any atom is -0.462 e. The van der Waals surface area contributed by atoms with Crippen molar-refractivity contribution in [1.82, 2.24) is 20.6 Å². The van der Waals surface area contributed by atoms with Gasteiger partial charge in [0, 0.05) is 5.56 Å². The van der Waals surface area contributed by atoms with Gasteiger partial charge in [-0.25, -0.2) is 9.48 Å². The molecule has 2 amide bonds. The number of benzene rings is 2. The minimum atomic E-state index is -0.438. The van der Waals surface area contributed by atoms with Gasteiger partial charge < -0.3 is 4.74 Å². The molecular weight excluding hydrogens is 384 g/mol. The number of ether oxygens (including phenoxy) is 1. The first-order valence-electron chi connectivity index (χ1n) is 9.45. The molecule has 0 saturated carbocycles. The number of nitrogens with one attached hydrogen (secondary N) is 2. The molecule has 0 spiro atoms. The number of carbonyl (C=O) groups excluding carboxylic acids is 3. The minimum absolute atomic E-state index is 0.168. The summed E-state index contributed by atoms with van der Waals surface area (Å²) in [6, 6.07) is 15.9. The third kappa shape index (κ3) is 4.91. The van der Waals surface area contributed by atoms with Gasteiger partial charge in [0.05, 0.1) is 30.6 Å². The fourth-order valence-corrected chi connectivity index (χ4v) is 2.86. The van der Waals surface area contributed by atoms with Crippen LogP contribution in [0.5, 0.6) is 0 Å². The number of carbonyl (C=O) groups is 3. The predicted molar refractivity (Wildman–Crippen MR) is 110 cm³/mol. The molecule has 0 saturated heterocycles. The molecule has 8 heteroatoms. The standard InChI is InChI=1S/C22H22N4O4/c1-3-30-22(29)19-14-23-26(15(19)2)18-11-9-17(10-12-18)21(28)25-24-20(27)13-16-7-5-4-6-8-16/h4-12,14H,3,13H2,1-2H3,(H,24,27)(H,25,28). The number of hydrogen-bond donors (Lipinski definition) is 2. The Bertz CT molecular complexity index is 1040. The second-order valence-electron chi connectivity index (χ2n) is 6.49. The van der Waals surface area contributed by atoms with E-state index >= 15 is 0 Å². The molecule has 1 heterocycles. The average Bonchev–Trinajstić information content (AvgIpc) is 3.14. The van der Waals surface area contributed by atoms with Gasteiger partial charge in [-0.05, 0) is 43.7 Å². The first-order chi connectivity index (χ1) is 14.5. The van der Waals surface area contributed by atoms with Crippen LogP contribution in [0.15, 0.2) is 60.8 Å². The summed E-state index contributed by atoms with van der Waals surface area (Å²) in [5, 5.41) is 4.22. The molecule has 2 aromatic carbocycles. The zero-order valence-electron chi connectivity index (χ0n) is 16.7. The Morgan fingerprint density at radius 1 is 1.00 bits per heavy atom. The molecule has 0 fully saturated rings. The van der Waals surface area contributed by atoms with Crippen molar-refractivity contribution >= 4 is 17.8 Å². The van der Waals surface area contributed by atoms with Crippen molar-refractivity contribution in [1.29, 1.82) is 0 Å². The molecule has 0 aliphatic rings. The highest BCUT2D eigenvalue weighted by molar-refractivity contribution is 5.95. The van der Waals surface area contributed by atoms with E-state index in [1.165, 1.54) is 6.20 Å². The summed E-state index contributed by atoms with van der Waals surface area (Å²) < 4.78 is 6.61. The van der Waals surface area contributed by atoms with Crippen molar-refractivity contribution in [3.8, 4) is 5.69 Å². The lowest BCUT2D eigenvalue weighted by Gasteiger charge is -2.09. The van der Waals surface area contributed by atoms with Crippen molar-refractivity contribution < 1.29 is 19.1 Å². The lowest BCUT2D eigenvalue weighted by molar-refractivity contribution is -0.121. The fraction of sp³-hybridized carbons (Fsp3) is 0.182. The second kappa shape index (κ2) is 9.51. The maximum absolute atomic E-state index is 12.3. The quantitative estimate of drug-likeness (QED) is 0.483. The van der Waals surface area contributed by atoms with Crippen LogP contribution in [0.4, 0.5) is 0 Å². The summed E-state index contributed by atoms with van der Waals surface area (Å²) in [5.74, 6) is -1.18. The van der Waals surface area contributed by atoms with Gasteiger partial charge in [0.2, 0.25) is 5.91 Å². The number of hydrazine groups is 1. The van der Waals surface area contributed by atoms with E-state index in [9.17, 15) is 14.4 Å². The van der Waals surface area contributed by atoms with Crippen molar-refractivity contribution in [3.63, 3.8) is 0 Å². The molecule has 0 radical (unpaired) electrons. The number of esters is 1. The van der Waals surface area contributed by atoms with Crippen LogP contribution in [0.1, 0.15) is 38.9 Å². The molecule has 0 aliphatic heterocycles. The largest absolute Gasteiger partial charge is 0.462 e. The highest BCUT2D eigenvalue weighted by Gasteiger charge is 2.16. The third-order valence-electron chi connectivity index (χ3n) is 4.40. The third-order valence-corrected chi connectivity index (χ3v) is 4.40. The molecule has 3 aromatic rings. The van der Waals surface area contributed by atoms with E-state index in [-0.39, 0.29) is 18.9 Å². The first-order valence-corrected chi connectivity index (χ1v) is 9.45. The van der Waals surface area contributed by atoms with E-state index in [1.807, 2.05) is 30.3 Å². The fourth-order valence-electron chi connectivity index (χ4n) is 2.86. The molecule has 30 heavy (non-hydrogen) atoms. The maximum atomic E-state index is 12.3. The Labute approximate surface area is 173 Å². The molecule has 0 aliphatic carbocycles. The number of amides is 2. The smallest absolute Gasteiger partial charge is 0.341 e. The van der Waals surface area contributed by atoms with Crippen molar-refractivity contribution in [3.05, 3.63) is 83.2 Å². The van der Waals surface area contributed by atoms with Gasteiger partial charge in [-0.2, -0.15) is 5.10 Å². The zero-order valence-corrected chi connectivity index (χ0v) is 16.7. The van der Waals surface area contributed by atoms with E-state index in [0.717, 1.165) is 5.56 Å². The van der Waals surface area contributed by atoms with Gasteiger partial charge in [0.15, 0.2) is 0 Å². The van der Waals surface area contributed by atoms with Gasteiger partial charge in [-0.3, -0.25) is 20.4 Å². The number of aromatic nitrogens is 2. The van der Waals surface area contributed by atoms with Gasteiger partial charge in [-0.1, -0.05) is 30.3 Å². The van der Waals surface area contributed by atoms with Crippen LogP contribution in [0.2, 0.25) is 0 Å². The Balaban J connectivity index is 1.61. The number of hydrogen-bond acceptors (Lipinski definition) is 5. The van der Waals surface area contributed by atoms with Crippen LogP contribution in [0.3, 0.4) is 0 Å². The predicted octanol–water partition coefficient (Wildman–Crippen LogP) is 2.36. The van der Waals surface area contributed by atoms with Crippen LogP contribution in [-0.2, 0) is 16.0 Å². The summed E-state index contributed by atoms with van der Waals surface area (Å²) in [4.78, 5) is 36.2. The normalized spacial score (nSPS) is 10.3. The van der Waals surface area contributed by atoms with E-state index in [1.54, 1.807) is 42.8 Å². The average molecular weight is 406 g/mol. The Morgan fingerprint density at radius 2 is 1.70 bits per heavy atom. The Morgan fingerprint density at radius 3 is 2.37 bits per heavy atom. The zero-order chi connectivity index (χ0) is 21.5. The SMILES string of the molecule is CCOC(=O)c1cnn(-c2ccc(C(=O)NNC(=O)Cc3ccccc3)cc2)c1C. The summed E-state index contributed by atoms with van der Waals surface area (Å²) in [7, 11) is 0. The molecular formula is C22H22N4O4. The van der Waals surface area contributed by atoms with Crippen LogP contribution in [-0.4, -0.2) is 34.2 Å². The van der Waals surface area contributed by atoms with Crippen molar-refractivity contribution in [2.45, 2.75) is 20.3 Å². The van der Waals surface area contributed by atoms with E-state index < -0.39 is 11.9 Å². The second-order valence-corrected chi connectivity index (χ2v) is 6.49. The number of nitrogens with zero attached hydrogens (tertiary/aromatic N) is 2. The van der Waals surface area contributed by atoms with Crippen LogP contribution in [0.25, 0.3) is 5.69 Å². The summed E-state index contributed by atoms with van der Waals surface area (Å²) in [5.41, 5.74) is 7.74. The first kappa shape index (κ1) is 20.8. The molecule has 0 bridgehead atoms. The van der Waals surface area contributed by atoms with E-state index in [4.69, 9.17) is 4.74 Å². The molecule has 8 nitrogen and oxygen atoms in total. The summed E-state index contributed by atoms with van der Waals surface area (Å²) >= 11 is 0. The molecule has 154 valence electrons. The highest BCUT2D eigenvalue weighted by atomic mass is 16.5. The van der Waals surface area contributed by atoms with Crippen LogP contribution in [0, 0.1) is 6.92 Å². The monoisotopic (exact) mass is 406 g/mol. The molecule has 0 unspecified atom stereocenters. The molecule has 1 aromatic heterocycles. The van der Waals surface area contributed by atoms with Crippen LogP contribution >= 0.6 is 0 Å². The summed E-state index contributed by atoms with van der Waals surface area (Å²) in [6.45, 7) is 3.79. The lowest BCUT2D eigenvalue weighted by Crippen LogP contribution is -2.42. The van der Waals surface area contributed by atoms with Gasteiger partial charge in [0.25, 0.3) is 5.91 Å². The Kier molecular flexibility index (Phi) is 6.59. The highest BCUT2D eigenvalue weighted by Crippen LogP contribution is 2.16. The molecule has 0 atom stereocenters. The van der Waals surface area contributed by atoms with Crippen molar-refractivity contribution in [2.24, 2.45) is 0 Å². The Hall–Kier alpha value is -3.94. The van der Waals surface area contributed by atoms with Crippen molar-refractivity contribution in [2.75, 3.05) is 6.61 Å². The van der Waals surface area contributed by atoms with E-state index in [0.29, 0.717) is 22.5 Å². The topological polar surface area (TPSA) is 102 Å². The summed E-state index contributed by atoms with van der Waals surface area (Å²) in [6.07, 6.45) is 1.62.